The van der Waals surface area contributed by atoms with Gasteiger partial charge in [0, 0.05) is 25.1 Å². The highest BCUT2D eigenvalue weighted by atomic mass is 16.5. The van der Waals surface area contributed by atoms with Gasteiger partial charge in [-0.1, -0.05) is 0 Å². The first-order valence-corrected chi connectivity index (χ1v) is 6.71. The lowest BCUT2D eigenvalue weighted by atomic mass is 10.1. The molecule has 0 saturated heterocycles. The third-order valence-corrected chi connectivity index (χ3v) is 3.07. The van der Waals surface area contributed by atoms with Crippen molar-refractivity contribution in [1.29, 1.82) is 0 Å². The molecule has 0 saturated carbocycles. The van der Waals surface area contributed by atoms with Crippen LogP contribution >= 0.6 is 0 Å². The highest BCUT2D eigenvalue weighted by Crippen LogP contribution is 2.13. The summed E-state index contributed by atoms with van der Waals surface area (Å²) in [7, 11) is 1.68. The molecule has 0 bridgehead atoms. The van der Waals surface area contributed by atoms with Crippen molar-refractivity contribution >= 4 is 17.3 Å². The Balaban J connectivity index is 2.16. The number of nitrogen functional groups attached to an aromatic ring is 1. The van der Waals surface area contributed by atoms with Gasteiger partial charge in [0.05, 0.1) is 18.6 Å². The van der Waals surface area contributed by atoms with Gasteiger partial charge in [0.25, 0.3) is 0 Å². The second kappa shape index (κ2) is 7.87. The van der Waals surface area contributed by atoms with Gasteiger partial charge < -0.3 is 20.5 Å². The molecule has 0 unspecified atom stereocenters. The summed E-state index contributed by atoms with van der Waals surface area (Å²) in [6.45, 7) is 4.99. The third kappa shape index (κ3) is 6.54. The van der Waals surface area contributed by atoms with E-state index in [2.05, 4.69) is 5.32 Å². The van der Waals surface area contributed by atoms with Crippen molar-refractivity contribution in [3.8, 4) is 0 Å². The van der Waals surface area contributed by atoms with E-state index in [0.717, 1.165) is 12.1 Å². The molecule has 5 nitrogen and oxygen atoms in total. The Bertz CT molecular complexity index is 416. The second-order valence-electron chi connectivity index (χ2n) is 5.25. The molecule has 20 heavy (non-hydrogen) atoms. The molecule has 0 atom stereocenters. The molecule has 1 aromatic rings. The van der Waals surface area contributed by atoms with E-state index in [0.29, 0.717) is 25.3 Å². The highest BCUT2D eigenvalue weighted by Gasteiger charge is 2.15. The Morgan fingerprint density at radius 1 is 1.25 bits per heavy atom. The van der Waals surface area contributed by atoms with Crippen LogP contribution in [0.25, 0.3) is 0 Å². The summed E-state index contributed by atoms with van der Waals surface area (Å²) < 4.78 is 10.7. The molecule has 0 aliphatic rings. The SMILES string of the molecule is COC(C)(C)CCOCCC(=O)Nc1ccc(N)cc1. The standard InChI is InChI=1S/C15H24N2O3/c1-15(2,19-3)9-11-20-10-8-14(18)17-13-6-4-12(16)5-7-13/h4-7H,8-11,16H2,1-3H3,(H,17,18). The van der Waals surface area contributed by atoms with Crippen molar-refractivity contribution in [1.82, 2.24) is 0 Å². The topological polar surface area (TPSA) is 73.6 Å². The van der Waals surface area contributed by atoms with Gasteiger partial charge >= 0.3 is 0 Å². The van der Waals surface area contributed by atoms with Gasteiger partial charge in [-0.25, -0.2) is 0 Å². The summed E-state index contributed by atoms with van der Waals surface area (Å²) in [6, 6.07) is 7.04. The van der Waals surface area contributed by atoms with Gasteiger partial charge in [-0.15, -0.1) is 0 Å². The molecule has 1 aromatic carbocycles. The number of hydrogen-bond donors (Lipinski definition) is 2. The molecule has 0 spiro atoms. The number of nitrogens with one attached hydrogen (secondary N) is 1. The minimum atomic E-state index is -0.188. The predicted octanol–water partition coefficient (Wildman–Crippen LogP) is 2.43. The van der Waals surface area contributed by atoms with Crippen LogP contribution in [0.3, 0.4) is 0 Å². The molecule has 112 valence electrons. The fourth-order valence-corrected chi connectivity index (χ4v) is 1.48. The molecule has 0 radical (unpaired) electrons. The van der Waals surface area contributed by atoms with E-state index in [1.54, 1.807) is 31.4 Å². The molecule has 0 heterocycles. The molecule has 0 aromatic heterocycles. The summed E-state index contributed by atoms with van der Waals surface area (Å²) >= 11 is 0. The zero-order valence-electron chi connectivity index (χ0n) is 12.4. The summed E-state index contributed by atoms with van der Waals surface area (Å²) in [5, 5.41) is 2.79. The van der Waals surface area contributed by atoms with E-state index < -0.39 is 0 Å². The maximum absolute atomic E-state index is 11.7. The van der Waals surface area contributed by atoms with Crippen molar-refractivity contribution in [2.24, 2.45) is 0 Å². The first-order chi connectivity index (χ1) is 9.43. The largest absolute Gasteiger partial charge is 0.399 e. The van der Waals surface area contributed by atoms with Gasteiger partial charge in [0.2, 0.25) is 5.91 Å². The molecule has 0 aliphatic heterocycles. The molecule has 3 N–H and O–H groups in total. The molecular formula is C15H24N2O3. The van der Waals surface area contributed by atoms with Crippen molar-refractivity contribution in [3.05, 3.63) is 24.3 Å². The van der Waals surface area contributed by atoms with Crippen molar-refractivity contribution in [2.75, 3.05) is 31.4 Å². The molecule has 5 heteroatoms. The van der Waals surface area contributed by atoms with E-state index in [1.165, 1.54) is 0 Å². The Kier molecular flexibility index (Phi) is 6.48. The number of carbonyl (C=O) groups excluding carboxylic acids is 1. The van der Waals surface area contributed by atoms with E-state index in [4.69, 9.17) is 15.2 Å². The number of methoxy groups -OCH3 is 1. The van der Waals surface area contributed by atoms with Crippen LogP contribution in [0.1, 0.15) is 26.7 Å². The maximum Gasteiger partial charge on any atom is 0.226 e. The number of hydrogen-bond acceptors (Lipinski definition) is 4. The normalized spacial score (nSPS) is 11.3. The summed E-state index contributed by atoms with van der Waals surface area (Å²) in [6.07, 6.45) is 1.13. The van der Waals surface area contributed by atoms with Crippen molar-refractivity contribution in [2.45, 2.75) is 32.3 Å². The summed E-state index contributed by atoms with van der Waals surface area (Å²) in [5.41, 5.74) is 6.80. The van der Waals surface area contributed by atoms with Crippen LogP contribution in [-0.2, 0) is 14.3 Å². The minimum Gasteiger partial charge on any atom is -0.399 e. The number of rotatable bonds is 8. The maximum atomic E-state index is 11.7. The van der Waals surface area contributed by atoms with E-state index in [1.807, 2.05) is 13.8 Å². The number of amides is 1. The second-order valence-corrected chi connectivity index (χ2v) is 5.25. The number of nitrogens with two attached hydrogens (primary N) is 1. The average molecular weight is 280 g/mol. The zero-order chi connectivity index (χ0) is 15.0. The van der Waals surface area contributed by atoms with Gasteiger partial charge in [-0.3, -0.25) is 4.79 Å². The lowest BCUT2D eigenvalue weighted by molar-refractivity contribution is -0.117. The lowest BCUT2D eigenvalue weighted by Crippen LogP contribution is -2.24. The van der Waals surface area contributed by atoms with Crippen LogP contribution in [0, 0.1) is 0 Å². The van der Waals surface area contributed by atoms with Crippen molar-refractivity contribution in [3.63, 3.8) is 0 Å². The van der Waals surface area contributed by atoms with E-state index in [-0.39, 0.29) is 11.5 Å². The Morgan fingerprint density at radius 2 is 1.90 bits per heavy atom. The Morgan fingerprint density at radius 3 is 2.50 bits per heavy atom. The van der Waals surface area contributed by atoms with Crippen LogP contribution in [0.4, 0.5) is 11.4 Å². The lowest BCUT2D eigenvalue weighted by Gasteiger charge is -2.22. The van der Waals surface area contributed by atoms with E-state index >= 15 is 0 Å². The quantitative estimate of drug-likeness (QED) is 0.566. The highest BCUT2D eigenvalue weighted by molar-refractivity contribution is 5.90. The average Bonchev–Trinajstić information content (AvgIpc) is 2.41. The smallest absolute Gasteiger partial charge is 0.226 e. The zero-order valence-corrected chi connectivity index (χ0v) is 12.4. The van der Waals surface area contributed by atoms with Gasteiger partial charge in [-0.2, -0.15) is 0 Å². The Hall–Kier alpha value is -1.59. The van der Waals surface area contributed by atoms with Crippen LogP contribution < -0.4 is 11.1 Å². The predicted molar refractivity (Wildman–Crippen MR) is 80.6 cm³/mol. The fraction of sp³-hybridized carbons (Fsp3) is 0.533. The molecule has 0 aliphatic carbocycles. The first-order valence-electron chi connectivity index (χ1n) is 6.71. The Labute approximate surface area is 120 Å². The molecule has 1 amide bonds. The fourth-order valence-electron chi connectivity index (χ4n) is 1.48. The summed E-state index contributed by atoms with van der Waals surface area (Å²) in [5.74, 6) is -0.0687. The number of ether oxygens (including phenoxy) is 2. The minimum absolute atomic E-state index is 0.0687. The summed E-state index contributed by atoms with van der Waals surface area (Å²) in [4.78, 5) is 11.7. The van der Waals surface area contributed by atoms with Crippen LogP contribution in [-0.4, -0.2) is 31.8 Å². The third-order valence-electron chi connectivity index (χ3n) is 3.07. The van der Waals surface area contributed by atoms with Crippen LogP contribution in [0.2, 0.25) is 0 Å². The molecule has 1 rings (SSSR count). The molecular weight excluding hydrogens is 256 g/mol. The van der Waals surface area contributed by atoms with Crippen molar-refractivity contribution < 1.29 is 14.3 Å². The number of anilines is 2. The van der Waals surface area contributed by atoms with Gasteiger partial charge in [0.1, 0.15) is 0 Å². The first kappa shape index (κ1) is 16.5. The van der Waals surface area contributed by atoms with Crippen LogP contribution in [0.15, 0.2) is 24.3 Å². The number of benzene rings is 1. The number of carbonyl (C=O) groups is 1. The van der Waals surface area contributed by atoms with Gasteiger partial charge in [0.15, 0.2) is 0 Å². The van der Waals surface area contributed by atoms with Gasteiger partial charge in [-0.05, 0) is 44.5 Å². The van der Waals surface area contributed by atoms with E-state index in [9.17, 15) is 4.79 Å². The van der Waals surface area contributed by atoms with Crippen LogP contribution in [0.5, 0.6) is 0 Å². The monoisotopic (exact) mass is 280 g/mol. The molecule has 0 fully saturated rings.